The van der Waals surface area contributed by atoms with Crippen molar-refractivity contribution in [1.82, 2.24) is 10.2 Å². The third-order valence-electron chi connectivity index (χ3n) is 3.09. The van der Waals surface area contributed by atoms with Crippen LogP contribution in [-0.4, -0.2) is 28.5 Å². The fourth-order valence-corrected chi connectivity index (χ4v) is 1.72. The molecule has 2 aromatic rings. The highest BCUT2D eigenvalue weighted by Crippen LogP contribution is 2.20. The van der Waals surface area contributed by atoms with Gasteiger partial charge < -0.3 is 14.6 Å². The van der Waals surface area contributed by atoms with Gasteiger partial charge in [-0.1, -0.05) is 12.1 Å². The van der Waals surface area contributed by atoms with Gasteiger partial charge in [-0.05, 0) is 37.1 Å². The monoisotopic (exact) mass is 310 g/mol. The van der Waals surface area contributed by atoms with Gasteiger partial charge in [-0.25, -0.2) is 0 Å². The summed E-state index contributed by atoms with van der Waals surface area (Å²) in [5.41, 5.74) is 2.27. The van der Waals surface area contributed by atoms with Crippen LogP contribution in [-0.2, 0) is 0 Å². The largest absolute Gasteiger partial charge is 0.473 e. The van der Waals surface area contributed by atoms with Gasteiger partial charge >= 0.3 is 6.61 Å². The van der Waals surface area contributed by atoms with Crippen LogP contribution in [0.4, 0.5) is 8.78 Å². The number of aliphatic hydroxyl groups excluding tert-OH is 1. The SMILES string of the molecule is Cc1cc(OCC(O)c2ccc(OC(F)F)cc2)nnc1C. The molecule has 5 nitrogen and oxygen atoms in total. The van der Waals surface area contributed by atoms with E-state index in [0.29, 0.717) is 11.4 Å². The molecule has 0 saturated carbocycles. The summed E-state index contributed by atoms with van der Waals surface area (Å²) >= 11 is 0. The summed E-state index contributed by atoms with van der Waals surface area (Å²) in [4.78, 5) is 0. The van der Waals surface area contributed by atoms with Crippen molar-refractivity contribution in [3.63, 3.8) is 0 Å². The van der Waals surface area contributed by atoms with Crippen LogP contribution in [0, 0.1) is 13.8 Å². The van der Waals surface area contributed by atoms with Gasteiger partial charge in [-0.3, -0.25) is 0 Å². The van der Waals surface area contributed by atoms with Gasteiger partial charge in [-0.15, -0.1) is 5.10 Å². The first kappa shape index (κ1) is 16.1. The minimum atomic E-state index is -2.87. The number of nitrogens with zero attached hydrogens (tertiary/aromatic N) is 2. The normalized spacial score (nSPS) is 12.3. The molecule has 0 radical (unpaired) electrons. The smallest absolute Gasteiger partial charge is 0.387 e. The van der Waals surface area contributed by atoms with E-state index < -0.39 is 12.7 Å². The van der Waals surface area contributed by atoms with Crippen LogP contribution >= 0.6 is 0 Å². The van der Waals surface area contributed by atoms with E-state index in [2.05, 4.69) is 14.9 Å². The molecule has 0 saturated heterocycles. The number of hydrogen-bond donors (Lipinski definition) is 1. The van der Waals surface area contributed by atoms with Crippen molar-refractivity contribution in [3.05, 3.63) is 47.2 Å². The van der Waals surface area contributed by atoms with Gasteiger partial charge in [0.2, 0.25) is 5.88 Å². The van der Waals surface area contributed by atoms with Crippen LogP contribution in [0.15, 0.2) is 30.3 Å². The lowest BCUT2D eigenvalue weighted by Crippen LogP contribution is -2.11. The summed E-state index contributed by atoms with van der Waals surface area (Å²) in [6.07, 6.45) is -0.913. The van der Waals surface area contributed by atoms with Gasteiger partial charge in [-0.2, -0.15) is 13.9 Å². The molecule has 0 fully saturated rings. The molecule has 118 valence electrons. The summed E-state index contributed by atoms with van der Waals surface area (Å²) < 4.78 is 33.7. The number of rotatable bonds is 6. The fraction of sp³-hybridized carbons (Fsp3) is 0.333. The number of aliphatic hydroxyl groups is 1. The molecule has 0 amide bonds. The summed E-state index contributed by atoms with van der Waals surface area (Å²) in [5, 5.41) is 17.8. The van der Waals surface area contributed by atoms with Crippen molar-refractivity contribution in [1.29, 1.82) is 0 Å². The highest BCUT2D eigenvalue weighted by atomic mass is 19.3. The zero-order chi connectivity index (χ0) is 16.1. The van der Waals surface area contributed by atoms with Gasteiger partial charge in [0.25, 0.3) is 0 Å². The van der Waals surface area contributed by atoms with Gasteiger partial charge in [0.15, 0.2) is 0 Å². The molecule has 0 aliphatic rings. The minimum absolute atomic E-state index is 0.0216. The van der Waals surface area contributed by atoms with Crippen molar-refractivity contribution in [2.45, 2.75) is 26.6 Å². The number of halogens is 2. The van der Waals surface area contributed by atoms with Crippen LogP contribution in [0.5, 0.6) is 11.6 Å². The summed E-state index contributed by atoms with van der Waals surface area (Å²) in [5.74, 6) is 0.353. The molecule has 7 heteroatoms. The molecule has 1 N–H and O–H groups in total. The first-order chi connectivity index (χ1) is 10.5. The molecule has 1 aromatic carbocycles. The predicted octanol–water partition coefficient (Wildman–Crippen LogP) is 2.81. The second kappa shape index (κ2) is 7.13. The molecule has 1 heterocycles. The molecule has 0 aliphatic heterocycles. The van der Waals surface area contributed by atoms with E-state index in [0.717, 1.165) is 11.3 Å². The average Bonchev–Trinajstić information content (AvgIpc) is 2.48. The zero-order valence-electron chi connectivity index (χ0n) is 12.2. The van der Waals surface area contributed by atoms with Gasteiger partial charge in [0.1, 0.15) is 18.5 Å². The standard InChI is InChI=1S/C15H16F2N2O3/c1-9-7-14(19-18-10(9)2)21-8-13(20)11-3-5-12(6-4-11)22-15(16)17/h3-7,13,15,20H,8H2,1-2H3. The average molecular weight is 310 g/mol. The lowest BCUT2D eigenvalue weighted by molar-refractivity contribution is -0.0498. The van der Waals surface area contributed by atoms with Crippen molar-refractivity contribution in [2.24, 2.45) is 0 Å². The first-order valence-corrected chi connectivity index (χ1v) is 6.62. The Labute approximate surface area is 126 Å². The van der Waals surface area contributed by atoms with E-state index in [1.165, 1.54) is 24.3 Å². The van der Waals surface area contributed by atoms with Crippen LogP contribution < -0.4 is 9.47 Å². The number of aryl methyl sites for hydroxylation is 2. The lowest BCUT2D eigenvalue weighted by atomic mass is 10.1. The van der Waals surface area contributed by atoms with Crippen molar-refractivity contribution in [3.8, 4) is 11.6 Å². The Hall–Kier alpha value is -2.28. The Kier molecular flexibility index (Phi) is 5.21. The van der Waals surface area contributed by atoms with Gasteiger partial charge in [0, 0.05) is 6.07 Å². The predicted molar refractivity (Wildman–Crippen MR) is 75.0 cm³/mol. The first-order valence-electron chi connectivity index (χ1n) is 6.62. The summed E-state index contributed by atoms with van der Waals surface area (Å²) in [7, 11) is 0. The zero-order valence-corrected chi connectivity index (χ0v) is 12.2. The number of aromatic nitrogens is 2. The van der Waals surface area contributed by atoms with E-state index in [-0.39, 0.29) is 12.4 Å². The molecule has 1 aromatic heterocycles. The summed E-state index contributed by atoms with van der Waals surface area (Å²) in [6, 6.07) is 7.45. The Morgan fingerprint density at radius 1 is 1.14 bits per heavy atom. The van der Waals surface area contributed by atoms with Crippen LogP contribution in [0.2, 0.25) is 0 Å². The quantitative estimate of drug-likeness (QED) is 0.889. The van der Waals surface area contributed by atoms with Crippen molar-refractivity contribution >= 4 is 0 Å². The number of hydrogen-bond acceptors (Lipinski definition) is 5. The molecule has 0 spiro atoms. The Bertz CT molecular complexity index is 621. The molecule has 0 bridgehead atoms. The van der Waals surface area contributed by atoms with Crippen molar-refractivity contribution < 1.29 is 23.4 Å². The molecule has 0 aliphatic carbocycles. The molecule has 22 heavy (non-hydrogen) atoms. The maximum atomic E-state index is 12.0. The second-order valence-electron chi connectivity index (χ2n) is 4.73. The fourth-order valence-electron chi connectivity index (χ4n) is 1.72. The molecule has 1 atom stereocenters. The van der Waals surface area contributed by atoms with Crippen LogP contribution in [0.3, 0.4) is 0 Å². The Morgan fingerprint density at radius 2 is 1.82 bits per heavy atom. The number of alkyl halides is 2. The summed E-state index contributed by atoms with van der Waals surface area (Å²) in [6.45, 7) is 0.827. The van der Waals surface area contributed by atoms with E-state index in [9.17, 15) is 13.9 Å². The maximum Gasteiger partial charge on any atom is 0.387 e. The molecular weight excluding hydrogens is 294 g/mol. The highest BCUT2D eigenvalue weighted by molar-refractivity contribution is 5.29. The Balaban J connectivity index is 1.93. The third kappa shape index (κ3) is 4.36. The van der Waals surface area contributed by atoms with E-state index in [1.807, 2.05) is 13.8 Å². The highest BCUT2D eigenvalue weighted by Gasteiger charge is 2.11. The second-order valence-corrected chi connectivity index (χ2v) is 4.73. The van der Waals surface area contributed by atoms with E-state index in [4.69, 9.17) is 4.74 Å². The maximum absolute atomic E-state index is 12.0. The number of ether oxygens (including phenoxy) is 2. The Morgan fingerprint density at radius 3 is 2.41 bits per heavy atom. The molecule has 2 rings (SSSR count). The molecule has 1 unspecified atom stereocenters. The van der Waals surface area contributed by atoms with Crippen LogP contribution in [0.25, 0.3) is 0 Å². The minimum Gasteiger partial charge on any atom is -0.473 e. The van der Waals surface area contributed by atoms with Gasteiger partial charge in [0.05, 0.1) is 5.69 Å². The number of benzene rings is 1. The molecular formula is C15H16F2N2O3. The lowest BCUT2D eigenvalue weighted by Gasteiger charge is -2.13. The topological polar surface area (TPSA) is 64.5 Å². The van der Waals surface area contributed by atoms with Crippen molar-refractivity contribution in [2.75, 3.05) is 6.61 Å². The van der Waals surface area contributed by atoms with Crippen LogP contribution in [0.1, 0.15) is 22.9 Å². The third-order valence-corrected chi connectivity index (χ3v) is 3.09. The van der Waals surface area contributed by atoms with E-state index >= 15 is 0 Å². The van der Waals surface area contributed by atoms with E-state index in [1.54, 1.807) is 6.07 Å².